The fourth-order valence-electron chi connectivity index (χ4n) is 1.61. The second kappa shape index (κ2) is 4.87. The van der Waals surface area contributed by atoms with Gasteiger partial charge in [0.1, 0.15) is 5.75 Å². The molecular formula is C12H13N2O4+. The van der Waals surface area contributed by atoms with E-state index in [1.807, 2.05) is 6.92 Å². The van der Waals surface area contributed by atoms with E-state index in [2.05, 4.69) is 9.79 Å². The number of nitrogens with zero attached hydrogens (tertiary/aromatic N) is 1. The predicted octanol–water partition coefficient (Wildman–Crippen LogP) is 0.846. The van der Waals surface area contributed by atoms with Crippen molar-refractivity contribution in [1.29, 1.82) is 0 Å². The molecule has 18 heavy (non-hydrogen) atoms. The van der Waals surface area contributed by atoms with Gasteiger partial charge in [0.05, 0.1) is 6.61 Å². The smallest absolute Gasteiger partial charge is 0.438 e. The van der Waals surface area contributed by atoms with E-state index in [9.17, 15) is 9.59 Å². The molecule has 0 saturated heterocycles. The number of rotatable bonds is 4. The molecule has 0 atom stereocenters. The standard InChI is InChI=1S/C12H12N2O4/c1-3-17-10-6-4-9(5-7-10)14-11(8(2)15)12(16)18-13-14/h4-7H,3H2,1-2H3/p+1. The number of aromatic amines is 1. The van der Waals surface area contributed by atoms with Crippen molar-refractivity contribution >= 4 is 5.78 Å². The molecule has 0 fully saturated rings. The van der Waals surface area contributed by atoms with E-state index in [1.54, 1.807) is 24.3 Å². The van der Waals surface area contributed by atoms with Gasteiger partial charge >= 0.3 is 11.3 Å². The van der Waals surface area contributed by atoms with Crippen LogP contribution in [0.2, 0.25) is 0 Å². The Hall–Kier alpha value is -2.37. The zero-order chi connectivity index (χ0) is 13.1. The van der Waals surface area contributed by atoms with Gasteiger partial charge in [-0.1, -0.05) is 0 Å². The maximum atomic E-state index is 11.4. The monoisotopic (exact) mass is 249 g/mol. The molecule has 1 heterocycles. The third-order valence-electron chi connectivity index (χ3n) is 2.39. The van der Waals surface area contributed by atoms with Crippen molar-refractivity contribution in [3.63, 3.8) is 0 Å². The summed E-state index contributed by atoms with van der Waals surface area (Å²) in [5.74, 6) is 0.357. The molecule has 0 saturated carbocycles. The first-order valence-electron chi connectivity index (χ1n) is 5.51. The molecule has 0 bridgehead atoms. The molecule has 0 radical (unpaired) electrons. The van der Waals surface area contributed by atoms with Crippen LogP contribution in [0.25, 0.3) is 5.69 Å². The lowest BCUT2D eigenvalue weighted by Crippen LogP contribution is -2.40. The third kappa shape index (κ3) is 2.17. The molecule has 6 heteroatoms. The Kier molecular flexibility index (Phi) is 3.27. The largest absolute Gasteiger partial charge is 0.494 e. The highest BCUT2D eigenvalue weighted by Crippen LogP contribution is 2.11. The average Bonchev–Trinajstić information content (AvgIpc) is 2.73. The van der Waals surface area contributed by atoms with Crippen LogP contribution >= 0.6 is 0 Å². The number of ketones is 1. The third-order valence-corrected chi connectivity index (χ3v) is 2.39. The second-order valence-electron chi connectivity index (χ2n) is 3.65. The summed E-state index contributed by atoms with van der Waals surface area (Å²) in [6.45, 7) is 3.78. The van der Waals surface area contributed by atoms with Crippen LogP contribution in [0, 0.1) is 0 Å². The maximum Gasteiger partial charge on any atom is 0.438 e. The first kappa shape index (κ1) is 12.1. The van der Waals surface area contributed by atoms with Crippen molar-refractivity contribution in [2.75, 3.05) is 6.61 Å². The van der Waals surface area contributed by atoms with Gasteiger partial charge in [0.15, 0.2) is 0 Å². The van der Waals surface area contributed by atoms with E-state index >= 15 is 0 Å². The predicted molar refractivity (Wildman–Crippen MR) is 62.0 cm³/mol. The molecule has 1 aromatic carbocycles. The zero-order valence-corrected chi connectivity index (χ0v) is 10.1. The lowest BCUT2D eigenvalue weighted by Gasteiger charge is -2.00. The number of Topliss-reactive ketones (excluding diaryl/α,β-unsaturated/α-hetero) is 1. The Balaban J connectivity index is 2.43. The normalized spacial score (nSPS) is 10.3. The maximum absolute atomic E-state index is 11.4. The molecule has 0 aliphatic rings. The fourth-order valence-corrected chi connectivity index (χ4v) is 1.61. The first-order valence-corrected chi connectivity index (χ1v) is 5.51. The molecule has 94 valence electrons. The molecule has 0 amide bonds. The topological polar surface area (TPSA) is 76.2 Å². The summed E-state index contributed by atoms with van der Waals surface area (Å²) in [7, 11) is 0. The fraction of sp³-hybridized carbons (Fsp3) is 0.250. The highest BCUT2D eigenvalue weighted by Gasteiger charge is 2.27. The van der Waals surface area contributed by atoms with Gasteiger partial charge in [-0.3, -0.25) is 9.32 Å². The van der Waals surface area contributed by atoms with Crippen LogP contribution in [0.15, 0.2) is 33.6 Å². The number of hydrogen-bond acceptors (Lipinski definition) is 4. The molecule has 1 N–H and O–H groups in total. The summed E-state index contributed by atoms with van der Waals surface area (Å²) in [4.78, 5) is 22.7. The van der Waals surface area contributed by atoms with E-state index in [0.717, 1.165) is 5.75 Å². The van der Waals surface area contributed by atoms with Crippen molar-refractivity contribution in [2.45, 2.75) is 13.8 Å². The number of benzene rings is 1. The summed E-state index contributed by atoms with van der Waals surface area (Å²) in [6.07, 6.45) is 0. The number of ether oxygens (including phenoxy) is 1. The van der Waals surface area contributed by atoms with Gasteiger partial charge in [0.25, 0.3) is 0 Å². The van der Waals surface area contributed by atoms with E-state index in [1.165, 1.54) is 11.6 Å². The Bertz CT molecular complexity index is 610. The Morgan fingerprint density at radius 1 is 1.39 bits per heavy atom. The van der Waals surface area contributed by atoms with Gasteiger partial charge in [-0.15, -0.1) is 0 Å². The SMILES string of the molecule is CCOc1ccc(-[n+]2[nH]oc(=O)c2C(C)=O)cc1. The van der Waals surface area contributed by atoms with Crippen LogP contribution in [0.5, 0.6) is 5.75 Å². The molecule has 6 nitrogen and oxygen atoms in total. The van der Waals surface area contributed by atoms with Gasteiger partial charge < -0.3 is 4.74 Å². The van der Waals surface area contributed by atoms with E-state index in [4.69, 9.17) is 4.74 Å². The highest BCUT2D eigenvalue weighted by molar-refractivity contribution is 5.90. The van der Waals surface area contributed by atoms with E-state index in [0.29, 0.717) is 12.3 Å². The molecule has 0 unspecified atom stereocenters. The quantitative estimate of drug-likeness (QED) is 0.643. The molecule has 2 aromatic rings. The summed E-state index contributed by atoms with van der Waals surface area (Å²) in [5, 5.41) is 2.39. The molecular weight excluding hydrogens is 236 g/mol. The number of hydrogen-bond donors (Lipinski definition) is 1. The van der Waals surface area contributed by atoms with Gasteiger partial charge in [0.2, 0.25) is 11.5 Å². The first-order chi connectivity index (χ1) is 8.63. The van der Waals surface area contributed by atoms with Crippen LogP contribution < -0.4 is 15.0 Å². The lowest BCUT2D eigenvalue weighted by atomic mass is 10.2. The van der Waals surface area contributed by atoms with Crippen LogP contribution in [0.3, 0.4) is 0 Å². The van der Waals surface area contributed by atoms with Crippen LogP contribution in [-0.2, 0) is 0 Å². The minimum Gasteiger partial charge on any atom is -0.494 e. The van der Waals surface area contributed by atoms with Gasteiger partial charge in [-0.25, -0.2) is 4.79 Å². The second-order valence-corrected chi connectivity index (χ2v) is 3.65. The summed E-state index contributed by atoms with van der Waals surface area (Å²) in [5.41, 5.74) is -0.106. The zero-order valence-electron chi connectivity index (χ0n) is 10.1. The van der Waals surface area contributed by atoms with Crippen LogP contribution in [0.4, 0.5) is 0 Å². The molecule has 1 aromatic heterocycles. The van der Waals surface area contributed by atoms with Crippen molar-refractivity contribution in [3.05, 3.63) is 40.4 Å². The van der Waals surface area contributed by atoms with Crippen molar-refractivity contribution < 1.29 is 18.7 Å². The molecule has 0 aliphatic heterocycles. The Morgan fingerprint density at radius 3 is 2.61 bits per heavy atom. The Labute approximate surface area is 103 Å². The Morgan fingerprint density at radius 2 is 2.06 bits per heavy atom. The number of H-pyrrole nitrogens is 1. The molecule has 2 rings (SSSR count). The van der Waals surface area contributed by atoms with Gasteiger partial charge in [-0.2, -0.15) is 0 Å². The highest BCUT2D eigenvalue weighted by atomic mass is 16.5. The van der Waals surface area contributed by atoms with Crippen LogP contribution in [0.1, 0.15) is 24.3 Å². The van der Waals surface area contributed by atoms with Crippen LogP contribution in [-0.4, -0.2) is 17.7 Å². The van der Waals surface area contributed by atoms with Crippen molar-refractivity contribution in [1.82, 2.24) is 5.27 Å². The van der Waals surface area contributed by atoms with E-state index < -0.39 is 5.63 Å². The van der Waals surface area contributed by atoms with E-state index in [-0.39, 0.29) is 11.5 Å². The van der Waals surface area contributed by atoms with Gasteiger partial charge in [-0.05, 0) is 29.0 Å². The summed E-state index contributed by atoms with van der Waals surface area (Å²) >= 11 is 0. The number of carbonyl (C=O) groups is 1. The average molecular weight is 249 g/mol. The van der Waals surface area contributed by atoms with Crippen molar-refractivity contribution in [2.24, 2.45) is 0 Å². The van der Waals surface area contributed by atoms with Crippen molar-refractivity contribution in [3.8, 4) is 11.4 Å². The number of aromatic nitrogens is 2. The summed E-state index contributed by atoms with van der Waals surface area (Å²) in [6, 6.07) is 6.95. The number of carbonyl (C=O) groups excluding carboxylic acids is 1. The summed E-state index contributed by atoms with van der Waals surface area (Å²) < 4.78 is 11.2. The minimum absolute atomic E-state index is 0.0424. The number of nitrogens with one attached hydrogen (secondary N) is 1. The van der Waals surface area contributed by atoms with Gasteiger partial charge in [0, 0.05) is 19.1 Å². The molecule has 0 aliphatic carbocycles. The minimum atomic E-state index is -0.684. The molecule has 0 spiro atoms. The lowest BCUT2D eigenvalue weighted by molar-refractivity contribution is -0.672.